The molecule has 1 aliphatic carbocycles. The number of amides is 11. The van der Waals surface area contributed by atoms with Crippen molar-refractivity contribution in [1.29, 1.82) is 0 Å². The molecular formula is C62H100F3N11O11. The zero-order chi connectivity index (χ0) is 66.2. The van der Waals surface area contributed by atoms with Gasteiger partial charge in [0.05, 0.1) is 25.2 Å². The van der Waals surface area contributed by atoms with Crippen molar-refractivity contribution < 1.29 is 65.9 Å². The highest BCUT2D eigenvalue weighted by Gasteiger charge is 2.42. The molecule has 3 rings (SSSR count). The number of nitrogens with zero attached hydrogens (tertiary/aromatic N) is 7. The molecule has 4 N–H and O–H groups in total. The first-order valence-electron chi connectivity index (χ1n) is 30.5. The minimum atomic E-state index is -4.61. The highest BCUT2D eigenvalue weighted by molar-refractivity contribution is 5.98. The van der Waals surface area contributed by atoms with Gasteiger partial charge in [-0.15, -0.1) is 0 Å². The van der Waals surface area contributed by atoms with Crippen LogP contribution in [0.2, 0.25) is 0 Å². The van der Waals surface area contributed by atoms with Crippen molar-refractivity contribution >= 4 is 65.0 Å². The Bertz CT molecular complexity index is 2580. The molecule has 1 saturated carbocycles. The highest BCUT2D eigenvalue weighted by Crippen LogP contribution is 2.31. The summed E-state index contributed by atoms with van der Waals surface area (Å²) in [6, 6.07) is -3.63. The van der Waals surface area contributed by atoms with Crippen molar-refractivity contribution in [1.82, 2.24) is 55.6 Å². The summed E-state index contributed by atoms with van der Waals surface area (Å²) in [5.41, 5.74) is -2.20. The normalized spacial score (nSPS) is 25.4. The van der Waals surface area contributed by atoms with Crippen LogP contribution in [0.1, 0.15) is 151 Å². The van der Waals surface area contributed by atoms with Crippen LogP contribution < -0.4 is 21.3 Å². The third-order valence-corrected chi connectivity index (χ3v) is 16.9. The lowest BCUT2D eigenvalue weighted by molar-refractivity contribution is -0.149. The number of hydrogen-bond donors (Lipinski definition) is 4. The van der Waals surface area contributed by atoms with Crippen molar-refractivity contribution in [2.24, 2.45) is 23.7 Å². The van der Waals surface area contributed by atoms with Crippen LogP contribution in [0.4, 0.5) is 13.2 Å². The van der Waals surface area contributed by atoms with E-state index >= 15 is 0 Å². The Morgan fingerprint density at radius 2 is 1.13 bits per heavy atom. The van der Waals surface area contributed by atoms with Gasteiger partial charge in [-0.25, -0.2) is 0 Å². The molecule has 1 aliphatic heterocycles. The molecule has 490 valence electrons. The second-order valence-electron chi connectivity index (χ2n) is 25.7. The first-order chi connectivity index (χ1) is 40.3. The van der Waals surface area contributed by atoms with Gasteiger partial charge in [-0.3, -0.25) is 52.7 Å². The van der Waals surface area contributed by atoms with Crippen molar-refractivity contribution in [3.63, 3.8) is 0 Å². The number of alkyl halides is 3. The molecule has 2 fully saturated rings. The number of aryl methyl sites for hydroxylation is 1. The number of benzene rings is 1. The summed E-state index contributed by atoms with van der Waals surface area (Å²) in [5, 5.41) is 11.1. The molecule has 0 radical (unpaired) electrons. The van der Waals surface area contributed by atoms with E-state index in [1.165, 1.54) is 96.9 Å². The van der Waals surface area contributed by atoms with Gasteiger partial charge in [-0.2, -0.15) is 13.2 Å². The molecule has 1 heterocycles. The van der Waals surface area contributed by atoms with Crippen LogP contribution in [0.3, 0.4) is 0 Å². The van der Waals surface area contributed by atoms with E-state index in [0.29, 0.717) is 12.0 Å². The molecular weight excluding hydrogens is 1130 g/mol. The summed E-state index contributed by atoms with van der Waals surface area (Å²) in [6.07, 6.45) is 0.224. The SMILES string of the molecule is CC[C@H](C)[C@@H]1NC(=O)[C@H](C)N(C)C(=O)C[C@@H](C)NC(=O)[C@H](CC(C)C)N(C)C(=O)C(C)(C)NC(=O)[C@H](CC(C)C)N(C)C(=O)[C@H](CCc2ccc(C(F)(F)F)cc2)NC(=O)CN(C)C(=O)[C@H](CC2CCCCC2)N(C)C(=O)CN(C)C(=O)CN(C)C1=O. The Balaban J connectivity index is 2.17. The van der Waals surface area contributed by atoms with Gasteiger partial charge in [0.2, 0.25) is 65.0 Å². The molecule has 1 aromatic carbocycles. The second kappa shape index (κ2) is 33.0. The molecule has 0 spiro atoms. The van der Waals surface area contributed by atoms with E-state index in [4.69, 9.17) is 0 Å². The lowest BCUT2D eigenvalue weighted by Crippen LogP contribution is -2.63. The van der Waals surface area contributed by atoms with Gasteiger partial charge in [0, 0.05) is 61.8 Å². The lowest BCUT2D eigenvalue weighted by Gasteiger charge is -2.38. The summed E-state index contributed by atoms with van der Waals surface area (Å²) in [5.74, 6) is -8.02. The molecule has 1 aromatic rings. The molecule has 87 heavy (non-hydrogen) atoms. The van der Waals surface area contributed by atoms with E-state index in [2.05, 4.69) is 21.3 Å². The van der Waals surface area contributed by atoms with E-state index in [1.807, 2.05) is 34.6 Å². The number of carbonyl (C=O) groups is 11. The Labute approximate surface area is 513 Å². The van der Waals surface area contributed by atoms with Crippen molar-refractivity contribution in [2.75, 3.05) is 69.0 Å². The number of rotatable bonds is 11. The Hall–Kier alpha value is -6.82. The summed E-state index contributed by atoms with van der Waals surface area (Å²) in [4.78, 5) is 165. The van der Waals surface area contributed by atoms with Crippen LogP contribution in [0, 0.1) is 23.7 Å². The second-order valence-corrected chi connectivity index (χ2v) is 25.7. The fraction of sp³-hybridized carbons (Fsp3) is 0.726. The number of hydrogen-bond acceptors (Lipinski definition) is 11. The van der Waals surface area contributed by atoms with Gasteiger partial charge in [0.1, 0.15) is 41.8 Å². The largest absolute Gasteiger partial charge is 0.416 e. The van der Waals surface area contributed by atoms with E-state index in [-0.39, 0.29) is 56.3 Å². The number of carbonyl (C=O) groups excluding carboxylic acids is 11. The minimum absolute atomic E-state index is 0.0144. The van der Waals surface area contributed by atoms with E-state index in [1.54, 1.807) is 13.8 Å². The van der Waals surface area contributed by atoms with Crippen molar-refractivity contribution in [3.8, 4) is 0 Å². The van der Waals surface area contributed by atoms with Gasteiger partial charge in [0.25, 0.3) is 0 Å². The zero-order valence-corrected chi connectivity index (χ0v) is 54.5. The zero-order valence-electron chi connectivity index (χ0n) is 54.5. The molecule has 0 bridgehead atoms. The van der Waals surface area contributed by atoms with E-state index < -0.39 is 150 Å². The average Bonchev–Trinajstić information content (AvgIpc) is 1.57. The van der Waals surface area contributed by atoms with Crippen LogP contribution in [0.25, 0.3) is 0 Å². The quantitative estimate of drug-likeness (QED) is 0.244. The Kier molecular flexibility index (Phi) is 28.2. The van der Waals surface area contributed by atoms with Crippen LogP contribution in [-0.2, 0) is 65.3 Å². The van der Waals surface area contributed by atoms with Gasteiger partial charge in [0.15, 0.2) is 0 Å². The first kappa shape index (κ1) is 74.4. The maximum absolute atomic E-state index is 14.9. The third kappa shape index (κ3) is 21.8. The molecule has 11 amide bonds. The van der Waals surface area contributed by atoms with Crippen LogP contribution in [0.15, 0.2) is 24.3 Å². The maximum atomic E-state index is 14.9. The van der Waals surface area contributed by atoms with Crippen molar-refractivity contribution in [2.45, 2.75) is 200 Å². The molecule has 0 unspecified atom stereocenters. The van der Waals surface area contributed by atoms with Gasteiger partial charge in [-0.05, 0) is 101 Å². The fourth-order valence-electron chi connectivity index (χ4n) is 10.9. The lowest BCUT2D eigenvalue weighted by atomic mass is 9.84. The summed E-state index contributed by atoms with van der Waals surface area (Å²) in [6.45, 7) is 15.3. The van der Waals surface area contributed by atoms with E-state index in [9.17, 15) is 65.9 Å². The van der Waals surface area contributed by atoms with Gasteiger partial charge in [-0.1, -0.05) is 92.2 Å². The monoisotopic (exact) mass is 1230 g/mol. The van der Waals surface area contributed by atoms with Gasteiger partial charge < -0.3 is 55.6 Å². The average molecular weight is 1230 g/mol. The predicted octanol–water partition coefficient (Wildman–Crippen LogP) is 4.22. The Morgan fingerprint density at radius 3 is 1.67 bits per heavy atom. The minimum Gasteiger partial charge on any atom is -0.351 e. The van der Waals surface area contributed by atoms with Crippen LogP contribution >= 0.6 is 0 Å². The van der Waals surface area contributed by atoms with Crippen molar-refractivity contribution in [3.05, 3.63) is 35.4 Å². The number of likely N-dealkylation sites (N-methyl/N-ethyl adjacent to an activating group) is 7. The summed E-state index contributed by atoms with van der Waals surface area (Å²) >= 11 is 0. The highest BCUT2D eigenvalue weighted by atomic mass is 19.4. The number of halogens is 3. The first-order valence-corrected chi connectivity index (χ1v) is 30.5. The standard InChI is InChI=1S/C62H100F3N11O11/c1-18-39(6)53-59(86)72(13)35-51(79)70(11)36-52(80)74(15)48(33-43-22-20-19-21-23-43)58(85)71(12)34-49(77)67-45(29-26-42-24-27-44(28-25-42)62(63,64)65)57(84)75(16)47(31-38(4)5)56(83)69-61(9,10)60(87)76(17)46(30-37(2)3)55(82)66-40(7)32-50(78)73(14)41(8)54(81)68-53/h24-25,27-28,37-41,43,45-48,53H,18-23,26,29-36H2,1-17H3,(H,66,82)(H,67,77)(H,68,81)(H,69,83)/t39-,40+,41-,45-,46-,47-,48-,53-/m0/s1. The number of nitrogens with one attached hydrogen (secondary N) is 4. The van der Waals surface area contributed by atoms with E-state index in [0.717, 1.165) is 63.8 Å². The molecule has 8 atom stereocenters. The molecule has 25 heteroatoms. The van der Waals surface area contributed by atoms with Gasteiger partial charge >= 0.3 is 6.18 Å². The smallest absolute Gasteiger partial charge is 0.351 e. The predicted molar refractivity (Wildman–Crippen MR) is 322 cm³/mol. The summed E-state index contributed by atoms with van der Waals surface area (Å²) in [7, 11) is 9.74. The maximum Gasteiger partial charge on any atom is 0.416 e. The molecule has 1 saturated heterocycles. The molecule has 0 aromatic heterocycles. The van der Waals surface area contributed by atoms with Crippen LogP contribution in [0.5, 0.6) is 0 Å². The van der Waals surface area contributed by atoms with Crippen LogP contribution in [-0.4, -0.2) is 216 Å². The third-order valence-electron chi connectivity index (χ3n) is 16.9. The Morgan fingerprint density at radius 1 is 0.586 bits per heavy atom. The molecule has 22 nitrogen and oxygen atoms in total. The fourth-order valence-corrected chi connectivity index (χ4v) is 10.9. The topological polar surface area (TPSA) is 259 Å². The summed E-state index contributed by atoms with van der Waals surface area (Å²) < 4.78 is 40.7. The molecule has 2 aliphatic rings.